The molecule has 0 amide bonds. The molecule has 0 saturated carbocycles. The zero-order valence-corrected chi connectivity index (χ0v) is 11.8. The second kappa shape index (κ2) is 6.33. The normalized spacial score (nSPS) is 12.3. The summed E-state index contributed by atoms with van der Waals surface area (Å²) in [7, 11) is 1.32. The molecule has 0 aromatic carbocycles. The highest BCUT2D eigenvalue weighted by Gasteiger charge is 2.15. The van der Waals surface area contributed by atoms with Crippen molar-refractivity contribution in [1.29, 1.82) is 0 Å². The molecule has 1 N–H and O–H groups in total. The molecule has 0 radical (unpaired) electrons. The highest BCUT2D eigenvalue weighted by molar-refractivity contribution is 5.86. The molecule has 0 bridgehead atoms. The van der Waals surface area contributed by atoms with Crippen LogP contribution in [0.15, 0.2) is 22.9 Å². The Bertz CT molecular complexity index is 576. The zero-order chi connectivity index (χ0) is 14.5. The number of nitrogens with zero attached hydrogens (tertiary/aromatic N) is 3. The van der Waals surface area contributed by atoms with Gasteiger partial charge in [-0.2, -0.15) is 0 Å². The summed E-state index contributed by atoms with van der Waals surface area (Å²) in [4.78, 5) is 11.3. The Labute approximate surface area is 116 Å². The molecule has 7 nitrogen and oxygen atoms in total. The van der Waals surface area contributed by atoms with Gasteiger partial charge in [-0.3, -0.25) is 0 Å². The average Bonchev–Trinajstić information content (AvgIpc) is 3.12. The van der Waals surface area contributed by atoms with E-state index in [0.717, 1.165) is 12.4 Å². The van der Waals surface area contributed by atoms with Gasteiger partial charge in [-0.25, -0.2) is 4.79 Å². The maximum Gasteiger partial charge on any atom is 0.373 e. The van der Waals surface area contributed by atoms with Crippen LogP contribution in [0.4, 0.5) is 0 Å². The van der Waals surface area contributed by atoms with Crippen LogP contribution in [0.2, 0.25) is 0 Å². The fourth-order valence-corrected chi connectivity index (χ4v) is 1.82. The van der Waals surface area contributed by atoms with Gasteiger partial charge in [0.2, 0.25) is 5.76 Å². The number of furan rings is 1. The molecular formula is C13H18N4O3. The van der Waals surface area contributed by atoms with E-state index in [0.29, 0.717) is 12.3 Å². The molecule has 0 saturated heterocycles. The van der Waals surface area contributed by atoms with E-state index in [9.17, 15) is 4.79 Å². The van der Waals surface area contributed by atoms with E-state index < -0.39 is 5.97 Å². The maximum atomic E-state index is 11.3. The van der Waals surface area contributed by atoms with E-state index in [4.69, 9.17) is 4.42 Å². The van der Waals surface area contributed by atoms with Crippen LogP contribution in [0.1, 0.15) is 42.0 Å². The minimum Gasteiger partial charge on any atom is -0.463 e. The summed E-state index contributed by atoms with van der Waals surface area (Å²) < 4.78 is 12.0. The van der Waals surface area contributed by atoms with Crippen LogP contribution in [-0.2, 0) is 17.8 Å². The standard InChI is InChI=1S/C13H18N4O3/c1-4-17-8-15-16-12(17)7-14-9(2)10-5-6-11(20-10)13(18)19-3/h5-6,8-9,14H,4,7H2,1-3H3. The molecule has 108 valence electrons. The van der Waals surface area contributed by atoms with Gasteiger partial charge in [0.05, 0.1) is 19.7 Å². The minimum atomic E-state index is -0.478. The molecule has 2 aromatic heterocycles. The van der Waals surface area contributed by atoms with Gasteiger partial charge >= 0.3 is 5.97 Å². The molecule has 20 heavy (non-hydrogen) atoms. The largest absolute Gasteiger partial charge is 0.463 e. The summed E-state index contributed by atoms with van der Waals surface area (Å²) in [5, 5.41) is 11.2. The molecule has 0 aliphatic carbocycles. The molecule has 0 aliphatic heterocycles. The first-order chi connectivity index (χ1) is 9.65. The number of aryl methyl sites for hydroxylation is 1. The highest BCUT2D eigenvalue weighted by Crippen LogP contribution is 2.17. The van der Waals surface area contributed by atoms with Crippen LogP contribution < -0.4 is 5.32 Å². The van der Waals surface area contributed by atoms with E-state index in [1.165, 1.54) is 7.11 Å². The number of aromatic nitrogens is 3. The minimum absolute atomic E-state index is 0.0459. The topological polar surface area (TPSA) is 82.2 Å². The number of esters is 1. The Balaban J connectivity index is 1.96. The molecular weight excluding hydrogens is 260 g/mol. The van der Waals surface area contributed by atoms with Crippen molar-refractivity contribution in [2.75, 3.05) is 7.11 Å². The Hall–Kier alpha value is -2.15. The van der Waals surface area contributed by atoms with Crippen molar-refractivity contribution in [3.05, 3.63) is 35.8 Å². The van der Waals surface area contributed by atoms with E-state index >= 15 is 0 Å². The number of carbonyl (C=O) groups excluding carboxylic acids is 1. The number of ether oxygens (including phenoxy) is 1. The van der Waals surface area contributed by atoms with Crippen molar-refractivity contribution in [2.45, 2.75) is 33.0 Å². The number of methoxy groups -OCH3 is 1. The van der Waals surface area contributed by atoms with Gasteiger partial charge in [-0.05, 0) is 26.0 Å². The van der Waals surface area contributed by atoms with Crippen molar-refractivity contribution < 1.29 is 13.9 Å². The first-order valence-corrected chi connectivity index (χ1v) is 6.43. The third kappa shape index (κ3) is 3.05. The van der Waals surface area contributed by atoms with Gasteiger partial charge in [-0.1, -0.05) is 0 Å². The third-order valence-corrected chi connectivity index (χ3v) is 3.04. The van der Waals surface area contributed by atoms with Gasteiger partial charge in [0.25, 0.3) is 0 Å². The summed E-state index contributed by atoms with van der Waals surface area (Å²) in [6.45, 7) is 5.38. The van der Waals surface area contributed by atoms with Crippen molar-refractivity contribution in [3.63, 3.8) is 0 Å². The SMILES string of the molecule is CCn1cnnc1CNC(C)c1ccc(C(=O)OC)o1. The average molecular weight is 278 g/mol. The summed E-state index contributed by atoms with van der Waals surface area (Å²) in [6, 6.07) is 3.32. The third-order valence-electron chi connectivity index (χ3n) is 3.04. The van der Waals surface area contributed by atoms with Crippen LogP contribution in [0.5, 0.6) is 0 Å². The maximum absolute atomic E-state index is 11.3. The second-order valence-corrected chi connectivity index (χ2v) is 4.33. The molecule has 1 unspecified atom stereocenters. The number of hydrogen-bond donors (Lipinski definition) is 1. The molecule has 1 atom stereocenters. The van der Waals surface area contributed by atoms with Crippen molar-refractivity contribution in [2.24, 2.45) is 0 Å². The zero-order valence-electron chi connectivity index (χ0n) is 11.8. The smallest absolute Gasteiger partial charge is 0.373 e. The number of hydrogen-bond acceptors (Lipinski definition) is 6. The van der Waals surface area contributed by atoms with Crippen molar-refractivity contribution in [1.82, 2.24) is 20.1 Å². The molecule has 0 aliphatic rings. The molecule has 0 spiro atoms. The molecule has 0 fully saturated rings. The van der Waals surface area contributed by atoms with E-state index in [2.05, 4.69) is 20.3 Å². The fraction of sp³-hybridized carbons (Fsp3) is 0.462. The Morgan fingerprint density at radius 1 is 1.55 bits per heavy atom. The van der Waals surface area contributed by atoms with Gasteiger partial charge in [0, 0.05) is 6.54 Å². The molecule has 2 aromatic rings. The second-order valence-electron chi connectivity index (χ2n) is 4.33. The lowest BCUT2D eigenvalue weighted by molar-refractivity contribution is 0.0562. The van der Waals surface area contributed by atoms with Crippen LogP contribution in [-0.4, -0.2) is 27.8 Å². The van der Waals surface area contributed by atoms with Crippen LogP contribution in [0, 0.1) is 0 Å². The van der Waals surface area contributed by atoms with Crippen LogP contribution >= 0.6 is 0 Å². The van der Waals surface area contributed by atoms with E-state index in [1.54, 1.807) is 18.5 Å². The quantitative estimate of drug-likeness (QED) is 0.807. The summed E-state index contributed by atoms with van der Waals surface area (Å²) in [6.07, 6.45) is 1.70. The van der Waals surface area contributed by atoms with Crippen molar-refractivity contribution in [3.8, 4) is 0 Å². The summed E-state index contributed by atoms with van der Waals surface area (Å²) in [5.74, 6) is 1.26. The van der Waals surface area contributed by atoms with Gasteiger partial charge in [-0.15, -0.1) is 10.2 Å². The number of rotatable bonds is 6. The lowest BCUT2D eigenvalue weighted by Gasteiger charge is -2.11. The predicted molar refractivity (Wildman–Crippen MR) is 71.0 cm³/mol. The molecule has 7 heteroatoms. The van der Waals surface area contributed by atoms with Gasteiger partial charge in [0.15, 0.2) is 0 Å². The summed E-state index contributed by atoms with van der Waals surface area (Å²) >= 11 is 0. The first-order valence-electron chi connectivity index (χ1n) is 6.43. The van der Waals surface area contributed by atoms with Crippen LogP contribution in [0.25, 0.3) is 0 Å². The summed E-state index contributed by atoms with van der Waals surface area (Å²) in [5.41, 5.74) is 0. The molecule has 2 rings (SSSR count). The first kappa shape index (κ1) is 14.3. The van der Waals surface area contributed by atoms with Crippen molar-refractivity contribution >= 4 is 5.97 Å². The lowest BCUT2D eigenvalue weighted by atomic mass is 10.2. The monoisotopic (exact) mass is 278 g/mol. The Kier molecular flexibility index (Phi) is 4.52. The fourth-order valence-electron chi connectivity index (χ4n) is 1.82. The van der Waals surface area contributed by atoms with Crippen LogP contribution in [0.3, 0.4) is 0 Å². The van der Waals surface area contributed by atoms with Gasteiger partial charge < -0.3 is 19.0 Å². The van der Waals surface area contributed by atoms with E-state index in [1.807, 2.05) is 18.4 Å². The Morgan fingerprint density at radius 2 is 2.35 bits per heavy atom. The number of carbonyl (C=O) groups is 1. The number of nitrogens with one attached hydrogen (secondary N) is 1. The predicted octanol–water partition coefficient (Wildman–Crippen LogP) is 1.53. The molecule has 2 heterocycles. The van der Waals surface area contributed by atoms with E-state index in [-0.39, 0.29) is 11.8 Å². The highest BCUT2D eigenvalue weighted by atomic mass is 16.5. The van der Waals surface area contributed by atoms with Gasteiger partial charge in [0.1, 0.15) is 17.9 Å². The lowest BCUT2D eigenvalue weighted by Crippen LogP contribution is -2.20. The Morgan fingerprint density at radius 3 is 3.05 bits per heavy atom.